The smallest absolute Gasteiger partial charge is 0.169 e. The molecule has 2 bridgehead atoms. The summed E-state index contributed by atoms with van der Waals surface area (Å²) in [4.78, 5) is 6.65. The third-order valence-corrected chi connectivity index (χ3v) is 4.65. The maximum Gasteiger partial charge on any atom is 0.169 e. The fourth-order valence-corrected chi connectivity index (χ4v) is 3.53. The molecule has 6 heteroatoms. The molecule has 2 aromatic rings. The Labute approximate surface area is 140 Å². The number of pyridine rings is 1. The Hall–Kier alpha value is -2.34. The van der Waals surface area contributed by atoms with Gasteiger partial charge in [0.15, 0.2) is 11.5 Å². The van der Waals surface area contributed by atoms with E-state index in [4.69, 9.17) is 9.47 Å². The Morgan fingerprint density at radius 2 is 2.12 bits per heavy atom. The van der Waals surface area contributed by atoms with Crippen LogP contribution in [-0.4, -0.2) is 37.8 Å². The second-order valence-electron chi connectivity index (χ2n) is 6.39. The summed E-state index contributed by atoms with van der Waals surface area (Å²) < 4.78 is 24.3. The minimum atomic E-state index is -0.359. The summed E-state index contributed by atoms with van der Waals surface area (Å²) in [6.45, 7) is 3.12. The van der Waals surface area contributed by atoms with Crippen LogP contribution in [0, 0.1) is 11.7 Å². The van der Waals surface area contributed by atoms with Gasteiger partial charge in [-0.2, -0.15) is 0 Å². The first-order chi connectivity index (χ1) is 11.7. The number of rotatable bonds is 4. The number of aromatic nitrogens is 1. The van der Waals surface area contributed by atoms with Gasteiger partial charge in [0.1, 0.15) is 11.6 Å². The summed E-state index contributed by atoms with van der Waals surface area (Å²) in [5.41, 5.74) is 1.05. The van der Waals surface area contributed by atoms with E-state index in [0.717, 1.165) is 25.3 Å². The topological polar surface area (TPSA) is 46.6 Å². The average Bonchev–Trinajstić information content (AvgIpc) is 2.94. The molecule has 2 fully saturated rings. The summed E-state index contributed by atoms with van der Waals surface area (Å²) in [7, 11) is 1.49. The number of methoxy groups -OCH3 is 1. The van der Waals surface area contributed by atoms with E-state index in [9.17, 15) is 4.39 Å². The van der Waals surface area contributed by atoms with E-state index in [0.29, 0.717) is 29.2 Å². The molecule has 2 atom stereocenters. The Bertz CT molecular complexity index is 728. The second kappa shape index (κ2) is 6.28. The third-order valence-electron chi connectivity index (χ3n) is 4.65. The summed E-state index contributed by atoms with van der Waals surface area (Å²) in [6.07, 6.45) is 4.77. The highest BCUT2D eigenvalue weighted by Crippen LogP contribution is 2.34. The van der Waals surface area contributed by atoms with Crippen molar-refractivity contribution in [2.24, 2.45) is 5.92 Å². The lowest BCUT2D eigenvalue weighted by atomic mass is 10.00. The summed E-state index contributed by atoms with van der Waals surface area (Å²) in [6, 6.07) is 6.75. The van der Waals surface area contributed by atoms with Crippen LogP contribution < -0.4 is 19.7 Å². The lowest BCUT2D eigenvalue weighted by molar-refractivity contribution is 0.375. The van der Waals surface area contributed by atoms with Crippen LogP contribution in [0.4, 0.5) is 10.1 Å². The van der Waals surface area contributed by atoms with Crippen molar-refractivity contribution in [3.8, 4) is 17.2 Å². The van der Waals surface area contributed by atoms with E-state index in [-0.39, 0.29) is 5.82 Å². The van der Waals surface area contributed by atoms with Crippen molar-refractivity contribution in [1.29, 1.82) is 0 Å². The zero-order chi connectivity index (χ0) is 16.5. The number of benzene rings is 1. The van der Waals surface area contributed by atoms with Gasteiger partial charge in [-0.25, -0.2) is 4.39 Å². The molecule has 0 spiro atoms. The quantitative estimate of drug-likeness (QED) is 0.935. The molecule has 126 valence electrons. The molecule has 0 amide bonds. The van der Waals surface area contributed by atoms with Gasteiger partial charge in [-0.3, -0.25) is 4.98 Å². The van der Waals surface area contributed by atoms with Crippen LogP contribution in [0.5, 0.6) is 17.2 Å². The molecule has 0 radical (unpaired) electrons. The maximum atomic E-state index is 13.3. The SMILES string of the molecule is COc1cc(F)ccc1Oc1cncc(N2CC3CNC(C3)C2)c1. The van der Waals surface area contributed by atoms with E-state index >= 15 is 0 Å². The van der Waals surface area contributed by atoms with E-state index in [1.54, 1.807) is 12.3 Å². The van der Waals surface area contributed by atoms with Crippen LogP contribution >= 0.6 is 0 Å². The molecule has 1 aromatic heterocycles. The summed E-state index contributed by atoms with van der Waals surface area (Å²) >= 11 is 0. The zero-order valence-corrected chi connectivity index (χ0v) is 13.5. The molecule has 1 N–H and O–H groups in total. The van der Waals surface area contributed by atoms with Gasteiger partial charge in [0.05, 0.1) is 25.2 Å². The Balaban J connectivity index is 1.55. The Morgan fingerprint density at radius 1 is 1.21 bits per heavy atom. The molecule has 2 aliphatic rings. The highest BCUT2D eigenvalue weighted by atomic mass is 19.1. The fraction of sp³-hybridized carbons (Fsp3) is 0.389. The monoisotopic (exact) mass is 329 g/mol. The van der Waals surface area contributed by atoms with Crippen molar-refractivity contribution >= 4 is 5.69 Å². The Morgan fingerprint density at radius 3 is 2.96 bits per heavy atom. The van der Waals surface area contributed by atoms with Gasteiger partial charge in [-0.15, -0.1) is 0 Å². The summed E-state index contributed by atoms with van der Waals surface area (Å²) in [5.74, 6) is 1.79. The van der Waals surface area contributed by atoms with Crippen LogP contribution in [-0.2, 0) is 0 Å². The largest absolute Gasteiger partial charge is 0.493 e. The number of halogens is 1. The minimum Gasteiger partial charge on any atom is -0.493 e. The molecule has 2 aliphatic heterocycles. The van der Waals surface area contributed by atoms with Crippen molar-refractivity contribution in [1.82, 2.24) is 10.3 Å². The minimum absolute atomic E-state index is 0.359. The van der Waals surface area contributed by atoms with Gasteiger partial charge in [-0.1, -0.05) is 0 Å². The molecule has 1 aromatic carbocycles. The summed E-state index contributed by atoms with van der Waals surface area (Å²) in [5, 5.41) is 3.55. The molecule has 5 nitrogen and oxygen atoms in total. The van der Waals surface area contributed by atoms with Gasteiger partial charge < -0.3 is 19.7 Å². The lowest BCUT2D eigenvalue weighted by Crippen LogP contribution is -2.41. The maximum absolute atomic E-state index is 13.3. The molecule has 0 saturated carbocycles. The van der Waals surface area contributed by atoms with Gasteiger partial charge in [-0.05, 0) is 24.5 Å². The van der Waals surface area contributed by atoms with E-state index in [1.165, 1.54) is 25.7 Å². The lowest BCUT2D eigenvalue weighted by Gasteiger charge is -2.32. The molecular formula is C18H20FN3O2. The highest BCUT2D eigenvalue weighted by Gasteiger charge is 2.32. The number of piperidine rings is 1. The van der Waals surface area contributed by atoms with Crippen LogP contribution in [0.1, 0.15) is 6.42 Å². The van der Waals surface area contributed by atoms with Gasteiger partial charge in [0, 0.05) is 37.8 Å². The fourth-order valence-electron chi connectivity index (χ4n) is 3.53. The second-order valence-corrected chi connectivity index (χ2v) is 6.39. The molecule has 4 rings (SSSR count). The number of fused-ring (bicyclic) bond motifs is 2. The van der Waals surface area contributed by atoms with Crippen molar-refractivity contribution in [2.45, 2.75) is 12.5 Å². The average molecular weight is 329 g/mol. The molecule has 3 heterocycles. The number of hydrogen-bond donors (Lipinski definition) is 1. The van der Waals surface area contributed by atoms with Crippen molar-refractivity contribution < 1.29 is 13.9 Å². The predicted molar refractivity (Wildman–Crippen MR) is 89.4 cm³/mol. The number of nitrogens with one attached hydrogen (secondary N) is 1. The van der Waals surface area contributed by atoms with Crippen molar-refractivity contribution in [2.75, 3.05) is 31.6 Å². The van der Waals surface area contributed by atoms with Crippen LogP contribution in [0.3, 0.4) is 0 Å². The highest BCUT2D eigenvalue weighted by molar-refractivity contribution is 5.51. The van der Waals surface area contributed by atoms with Gasteiger partial charge >= 0.3 is 0 Å². The van der Waals surface area contributed by atoms with Crippen LogP contribution in [0.15, 0.2) is 36.7 Å². The van der Waals surface area contributed by atoms with Crippen molar-refractivity contribution in [3.05, 3.63) is 42.5 Å². The standard InChI is InChI=1S/C18H20FN3O2/c1-23-18-5-13(19)2-3-17(18)24-16-6-15(8-20-9-16)22-10-12-4-14(11-22)21-7-12/h2-3,5-6,8-9,12,14,21H,4,7,10-11H2,1H3. The number of ether oxygens (including phenoxy) is 2. The molecular weight excluding hydrogens is 309 g/mol. The van der Waals surface area contributed by atoms with E-state index in [2.05, 4.69) is 15.2 Å². The van der Waals surface area contributed by atoms with Crippen LogP contribution in [0.2, 0.25) is 0 Å². The zero-order valence-electron chi connectivity index (χ0n) is 13.5. The predicted octanol–water partition coefficient (Wildman–Crippen LogP) is 2.82. The third kappa shape index (κ3) is 3.01. The number of hydrogen-bond acceptors (Lipinski definition) is 5. The molecule has 0 aliphatic carbocycles. The first-order valence-electron chi connectivity index (χ1n) is 8.16. The van der Waals surface area contributed by atoms with Crippen LogP contribution in [0.25, 0.3) is 0 Å². The number of nitrogens with zero attached hydrogens (tertiary/aromatic N) is 2. The normalized spacial score (nSPS) is 22.5. The molecule has 2 unspecified atom stereocenters. The van der Waals surface area contributed by atoms with Crippen molar-refractivity contribution in [3.63, 3.8) is 0 Å². The Kier molecular flexibility index (Phi) is 3.98. The van der Waals surface area contributed by atoms with Gasteiger partial charge in [0.25, 0.3) is 0 Å². The first kappa shape index (κ1) is 15.2. The van der Waals surface area contributed by atoms with Gasteiger partial charge in [0.2, 0.25) is 0 Å². The molecule has 24 heavy (non-hydrogen) atoms. The van der Waals surface area contributed by atoms with E-state index in [1.807, 2.05) is 12.3 Å². The first-order valence-corrected chi connectivity index (χ1v) is 8.16. The van der Waals surface area contributed by atoms with E-state index < -0.39 is 0 Å². The molecule has 2 saturated heterocycles. The number of anilines is 1.